The quantitative estimate of drug-likeness (QED) is 0.876. The van der Waals surface area contributed by atoms with Crippen molar-refractivity contribution in [1.82, 2.24) is 0 Å². The second-order valence-corrected chi connectivity index (χ2v) is 5.43. The Balaban J connectivity index is 1.97. The lowest BCUT2D eigenvalue weighted by Gasteiger charge is -2.38. The lowest BCUT2D eigenvalue weighted by Crippen LogP contribution is -2.41. The Morgan fingerprint density at radius 3 is 2.76 bits per heavy atom. The van der Waals surface area contributed by atoms with Crippen LogP contribution in [0.15, 0.2) is 24.3 Å². The van der Waals surface area contributed by atoms with E-state index in [0.29, 0.717) is 6.04 Å². The first-order valence-electron chi connectivity index (χ1n) is 6.27. The number of benzene rings is 1. The molecule has 1 aliphatic rings. The lowest BCUT2D eigenvalue weighted by atomic mass is 9.90. The van der Waals surface area contributed by atoms with Crippen LogP contribution in [0.3, 0.4) is 0 Å². The van der Waals surface area contributed by atoms with E-state index in [-0.39, 0.29) is 5.60 Å². The van der Waals surface area contributed by atoms with Gasteiger partial charge in [-0.25, -0.2) is 0 Å². The summed E-state index contributed by atoms with van der Waals surface area (Å²) in [6.45, 7) is 5.23. The van der Waals surface area contributed by atoms with E-state index in [4.69, 9.17) is 16.3 Å². The maximum atomic E-state index is 5.87. The monoisotopic (exact) mass is 253 g/mol. The van der Waals surface area contributed by atoms with Crippen molar-refractivity contribution in [2.24, 2.45) is 0 Å². The van der Waals surface area contributed by atoms with Crippen molar-refractivity contribution >= 4 is 17.3 Å². The molecule has 1 aromatic rings. The van der Waals surface area contributed by atoms with Crippen LogP contribution in [-0.4, -0.2) is 18.2 Å². The zero-order chi connectivity index (χ0) is 12.3. The second-order valence-electron chi connectivity index (χ2n) is 4.99. The summed E-state index contributed by atoms with van der Waals surface area (Å²) < 4.78 is 5.84. The molecular weight excluding hydrogens is 234 g/mol. The van der Waals surface area contributed by atoms with Gasteiger partial charge in [-0.15, -0.1) is 0 Å². The van der Waals surface area contributed by atoms with E-state index >= 15 is 0 Å². The molecule has 1 aliphatic heterocycles. The fourth-order valence-electron chi connectivity index (χ4n) is 2.28. The van der Waals surface area contributed by atoms with Gasteiger partial charge in [0.1, 0.15) is 0 Å². The van der Waals surface area contributed by atoms with Gasteiger partial charge in [-0.3, -0.25) is 0 Å². The van der Waals surface area contributed by atoms with Crippen molar-refractivity contribution in [3.8, 4) is 0 Å². The van der Waals surface area contributed by atoms with Gasteiger partial charge in [-0.05, 0) is 50.5 Å². The van der Waals surface area contributed by atoms with E-state index in [9.17, 15) is 0 Å². The number of ether oxygens (including phenoxy) is 1. The Morgan fingerprint density at radius 2 is 2.12 bits per heavy atom. The molecule has 1 saturated heterocycles. The van der Waals surface area contributed by atoms with Crippen LogP contribution in [-0.2, 0) is 4.74 Å². The van der Waals surface area contributed by atoms with Crippen LogP contribution >= 0.6 is 11.6 Å². The maximum Gasteiger partial charge on any atom is 0.0671 e. The third-order valence-corrected chi connectivity index (χ3v) is 3.81. The molecule has 1 aromatic carbocycles. The van der Waals surface area contributed by atoms with Crippen molar-refractivity contribution in [3.05, 3.63) is 29.3 Å². The number of nitrogens with one attached hydrogen (secondary N) is 1. The molecule has 0 radical (unpaired) electrons. The molecule has 0 aromatic heterocycles. The summed E-state index contributed by atoms with van der Waals surface area (Å²) in [4.78, 5) is 0. The Hall–Kier alpha value is -0.730. The Morgan fingerprint density at radius 1 is 1.41 bits per heavy atom. The second kappa shape index (κ2) is 5.28. The Labute approximate surface area is 108 Å². The number of hydrogen-bond acceptors (Lipinski definition) is 2. The molecule has 2 rings (SSSR count). The third kappa shape index (κ3) is 3.36. The van der Waals surface area contributed by atoms with E-state index in [1.807, 2.05) is 24.3 Å². The summed E-state index contributed by atoms with van der Waals surface area (Å²) in [5.41, 5.74) is 1.17. The summed E-state index contributed by atoms with van der Waals surface area (Å²) in [6.07, 6.45) is 3.19. The van der Waals surface area contributed by atoms with Crippen LogP contribution in [0.4, 0.5) is 5.69 Å². The highest BCUT2D eigenvalue weighted by atomic mass is 35.5. The van der Waals surface area contributed by atoms with Crippen LogP contribution in [0.1, 0.15) is 33.1 Å². The number of anilines is 1. The molecule has 94 valence electrons. The Bertz CT molecular complexity index is 365. The fourth-order valence-corrected chi connectivity index (χ4v) is 2.41. The van der Waals surface area contributed by atoms with Gasteiger partial charge in [0.25, 0.3) is 0 Å². The Kier molecular flexibility index (Phi) is 3.95. The highest BCUT2D eigenvalue weighted by molar-refractivity contribution is 6.30. The summed E-state index contributed by atoms with van der Waals surface area (Å²) in [5.74, 6) is 0. The normalized spacial score (nSPS) is 29.0. The van der Waals surface area contributed by atoms with E-state index < -0.39 is 0 Å². The zero-order valence-corrected chi connectivity index (χ0v) is 11.3. The minimum Gasteiger partial charge on any atom is -0.382 e. The SMILES string of the molecule is CCC1(C)CC(Nc2ccc(Cl)cc2)CCO1. The van der Waals surface area contributed by atoms with Gasteiger partial charge in [0.2, 0.25) is 0 Å². The number of rotatable bonds is 3. The van der Waals surface area contributed by atoms with Gasteiger partial charge in [0, 0.05) is 23.4 Å². The lowest BCUT2D eigenvalue weighted by molar-refractivity contribution is -0.0708. The minimum atomic E-state index is 0.0301. The first kappa shape index (κ1) is 12.7. The van der Waals surface area contributed by atoms with Gasteiger partial charge in [0.15, 0.2) is 0 Å². The molecule has 1 N–H and O–H groups in total. The van der Waals surface area contributed by atoms with Crippen LogP contribution in [0.5, 0.6) is 0 Å². The molecular formula is C14H20ClNO. The molecule has 1 fully saturated rings. The smallest absolute Gasteiger partial charge is 0.0671 e. The maximum absolute atomic E-state index is 5.87. The zero-order valence-electron chi connectivity index (χ0n) is 10.5. The molecule has 0 aliphatic carbocycles. The summed E-state index contributed by atoms with van der Waals surface area (Å²) in [6, 6.07) is 8.39. The summed E-state index contributed by atoms with van der Waals surface area (Å²) in [7, 11) is 0. The average Bonchev–Trinajstić information content (AvgIpc) is 2.32. The van der Waals surface area contributed by atoms with Gasteiger partial charge in [0.05, 0.1) is 5.60 Å². The van der Waals surface area contributed by atoms with Crippen LogP contribution in [0.25, 0.3) is 0 Å². The fraction of sp³-hybridized carbons (Fsp3) is 0.571. The molecule has 0 saturated carbocycles. The molecule has 1 heterocycles. The highest BCUT2D eigenvalue weighted by Crippen LogP contribution is 2.29. The van der Waals surface area contributed by atoms with Gasteiger partial charge < -0.3 is 10.1 Å². The van der Waals surface area contributed by atoms with Crippen LogP contribution in [0, 0.1) is 0 Å². The van der Waals surface area contributed by atoms with Crippen molar-refractivity contribution < 1.29 is 4.74 Å². The molecule has 0 bridgehead atoms. The molecule has 3 heteroatoms. The van der Waals surface area contributed by atoms with E-state index in [2.05, 4.69) is 19.2 Å². The van der Waals surface area contributed by atoms with E-state index in [0.717, 1.165) is 36.6 Å². The van der Waals surface area contributed by atoms with E-state index in [1.165, 1.54) is 0 Å². The topological polar surface area (TPSA) is 21.3 Å². The van der Waals surface area contributed by atoms with Crippen molar-refractivity contribution in [3.63, 3.8) is 0 Å². The molecule has 17 heavy (non-hydrogen) atoms. The van der Waals surface area contributed by atoms with Gasteiger partial charge in [-0.2, -0.15) is 0 Å². The summed E-state index contributed by atoms with van der Waals surface area (Å²) >= 11 is 5.87. The van der Waals surface area contributed by atoms with Crippen molar-refractivity contribution in [2.75, 3.05) is 11.9 Å². The highest BCUT2D eigenvalue weighted by Gasteiger charge is 2.31. The first-order chi connectivity index (χ1) is 8.11. The number of halogens is 1. The predicted octanol–water partition coefficient (Wildman–Crippen LogP) is 4.10. The minimum absolute atomic E-state index is 0.0301. The molecule has 2 nitrogen and oxygen atoms in total. The number of hydrogen-bond donors (Lipinski definition) is 1. The predicted molar refractivity (Wildman–Crippen MR) is 72.7 cm³/mol. The largest absolute Gasteiger partial charge is 0.382 e. The summed E-state index contributed by atoms with van der Waals surface area (Å²) in [5, 5.41) is 4.34. The van der Waals surface area contributed by atoms with Crippen LogP contribution < -0.4 is 5.32 Å². The molecule has 2 atom stereocenters. The van der Waals surface area contributed by atoms with E-state index in [1.54, 1.807) is 0 Å². The van der Waals surface area contributed by atoms with Crippen molar-refractivity contribution in [1.29, 1.82) is 0 Å². The molecule has 0 spiro atoms. The molecule has 2 unspecified atom stereocenters. The van der Waals surface area contributed by atoms with Gasteiger partial charge in [-0.1, -0.05) is 18.5 Å². The standard InChI is InChI=1S/C14H20ClNO/c1-3-14(2)10-13(8-9-17-14)16-12-6-4-11(15)5-7-12/h4-7,13,16H,3,8-10H2,1-2H3. The first-order valence-corrected chi connectivity index (χ1v) is 6.65. The average molecular weight is 254 g/mol. The third-order valence-electron chi connectivity index (χ3n) is 3.56. The molecule has 0 amide bonds. The van der Waals surface area contributed by atoms with Crippen LogP contribution in [0.2, 0.25) is 5.02 Å². The van der Waals surface area contributed by atoms with Crippen molar-refractivity contribution in [2.45, 2.75) is 44.8 Å². The van der Waals surface area contributed by atoms with Gasteiger partial charge >= 0.3 is 0 Å².